The molecule has 4 aliphatic rings. The van der Waals surface area contributed by atoms with Gasteiger partial charge in [0.1, 0.15) is 0 Å². The van der Waals surface area contributed by atoms with Crippen LogP contribution in [-0.2, 0) is 16.0 Å². The molecule has 5 rings (SSSR count). The van der Waals surface area contributed by atoms with Crippen molar-refractivity contribution in [2.75, 3.05) is 26.7 Å². The molecule has 1 aromatic rings. The normalized spacial score (nSPS) is 26.7. The van der Waals surface area contributed by atoms with Crippen molar-refractivity contribution in [2.24, 2.45) is 28.6 Å². The van der Waals surface area contributed by atoms with Crippen molar-refractivity contribution in [1.29, 1.82) is 0 Å². The highest BCUT2D eigenvalue weighted by Gasteiger charge is 2.50. The average Bonchev–Trinajstić information content (AvgIpc) is 2.80. The van der Waals surface area contributed by atoms with Crippen LogP contribution in [0.1, 0.15) is 97.0 Å². The van der Waals surface area contributed by atoms with Crippen LogP contribution in [0.4, 0.5) is 0 Å². The summed E-state index contributed by atoms with van der Waals surface area (Å²) in [4.78, 5) is 34.1. The van der Waals surface area contributed by atoms with E-state index >= 15 is 0 Å². The fourth-order valence-electron chi connectivity index (χ4n) is 7.63. The van der Waals surface area contributed by atoms with Gasteiger partial charge in [0.05, 0.1) is 0 Å². The first-order valence-electron chi connectivity index (χ1n) is 14.5. The highest BCUT2D eigenvalue weighted by Crippen LogP contribution is 2.61. The molecule has 0 atom stereocenters. The Labute approximate surface area is 219 Å². The lowest BCUT2D eigenvalue weighted by molar-refractivity contribution is -0.136. The van der Waals surface area contributed by atoms with Gasteiger partial charge in [0.15, 0.2) is 0 Å². The molecule has 4 fully saturated rings. The SMILES string of the molecule is CN(CCN(CCC12CC3CC(CC(C3)C1)C2)C(=O)CCCCc1ccncc1)C(=O)CC(C)(C)C. The number of amides is 2. The maximum Gasteiger partial charge on any atom is 0.222 e. The molecule has 0 aromatic carbocycles. The van der Waals surface area contributed by atoms with Crippen LogP contribution >= 0.6 is 0 Å². The second-order valence-electron chi connectivity index (χ2n) is 13.7. The lowest BCUT2D eigenvalue weighted by Gasteiger charge is -2.57. The van der Waals surface area contributed by atoms with Gasteiger partial charge < -0.3 is 9.80 Å². The van der Waals surface area contributed by atoms with Gasteiger partial charge in [-0.2, -0.15) is 0 Å². The summed E-state index contributed by atoms with van der Waals surface area (Å²) >= 11 is 0. The summed E-state index contributed by atoms with van der Waals surface area (Å²) in [6, 6.07) is 4.12. The lowest BCUT2D eigenvalue weighted by Crippen LogP contribution is -2.48. The summed E-state index contributed by atoms with van der Waals surface area (Å²) in [6.45, 7) is 8.45. The zero-order valence-corrected chi connectivity index (χ0v) is 23.3. The number of likely N-dealkylation sites (N-methyl/N-ethyl adjacent to an activating group) is 1. The van der Waals surface area contributed by atoms with Crippen LogP contribution in [0.15, 0.2) is 24.5 Å². The Morgan fingerprint density at radius 2 is 1.53 bits per heavy atom. The van der Waals surface area contributed by atoms with Crippen molar-refractivity contribution in [3.63, 3.8) is 0 Å². The number of hydrogen-bond donors (Lipinski definition) is 0. The van der Waals surface area contributed by atoms with E-state index in [0.717, 1.165) is 50.0 Å². The minimum Gasteiger partial charge on any atom is -0.344 e. The van der Waals surface area contributed by atoms with Crippen molar-refractivity contribution in [3.05, 3.63) is 30.1 Å². The first-order chi connectivity index (χ1) is 17.1. The zero-order valence-electron chi connectivity index (χ0n) is 23.3. The van der Waals surface area contributed by atoms with Gasteiger partial charge >= 0.3 is 0 Å². The molecule has 36 heavy (non-hydrogen) atoms. The zero-order chi connectivity index (χ0) is 25.8. The molecule has 4 bridgehead atoms. The largest absolute Gasteiger partial charge is 0.344 e. The van der Waals surface area contributed by atoms with E-state index in [0.29, 0.717) is 31.3 Å². The van der Waals surface area contributed by atoms with Crippen molar-refractivity contribution >= 4 is 11.8 Å². The van der Waals surface area contributed by atoms with E-state index in [-0.39, 0.29) is 17.2 Å². The molecular formula is C31H49N3O2. The predicted molar refractivity (Wildman–Crippen MR) is 145 cm³/mol. The van der Waals surface area contributed by atoms with Crippen molar-refractivity contribution < 1.29 is 9.59 Å². The molecule has 0 unspecified atom stereocenters. The fraction of sp³-hybridized carbons (Fsp3) is 0.774. The van der Waals surface area contributed by atoms with Crippen LogP contribution in [-0.4, -0.2) is 53.3 Å². The molecular weight excluding hydrogens is 446 g/mol. The third-order valence-corrected chi connectivity index (χ3v) is 9.10. The second-order valence-corrected chi connectivity index (χ2v) is 13.7. The van der Waals surface area contributed by atoms with Crippen LogP contribution in [0.5, 0.6) is 0 Å². The number of aromatic nitrogens is 1. The van der Waals surface area contributed by atoms with Crippen LogP contribution in [0.3, 0.4) is 0 Å². The molecule has 0 radical (unpaired) electrons. The van der Waals surface area contributed by atoms with Gasteiger partial charge in [0.25, 0.3) is 0 Å². The third-order valence-electron chi connectivity index (χ3n) is 9.10. The second kappa shape index (κ2) is 11.6. The smallest absolute Gasteiger partial charge is 0.222 e. The molecule has 0 saturated heterocycles. The summed E-state index contributed by atoms with van der Waals surface area (Å²) in [5.41, 5.74) is 1.74. The van der Waals surface area contributed by atoms with Crippen molar-refractivity contribution in [1.82, 2.24) is 14.8 Å². The summed E-state index contributed by atoms with van der Waals surface area (Å²) in [5, 5.41) is 0. The van der Waals surface area contributed by atoms with E-state index in [4.69, 9.17) is 0 Å². The van der Waals surface area contributed by atoms with Crippen molar-refractivity contribution in [3.8, 4) is 0 Å². The summed E-state index contributed by atoms with van der Waals surface area (Å²) in [5.74, 6) is 3.26. The topological polar surface area (TPSA) is 53.5 Å². The molecule has 2 amide bonds. The van der Waals surface area contributed by atoms with E-state index < -0.39 is 0 Å². The van der Waals surface area contributed by atoms with Gasteiger partial charge in [-0.15, -0.1) is 0 Å². The maximum atomic E-state index is 13.4. The van der Waals surface area contributed by atoms with Gasteiger partial charge in [-0.3, -0.25) is 14.6 Å². The number of nitrogens with zero attached hydrogens (tertiary/aromatic N) is 3. The number of carbonyl (C=O) groups is 2. The van der Waals surface area contributed by atoms with Crippen LogP contribution in [0.2, 0.25) is 0 Å². The van der Waals surface area contributed by atoms with Gasteiger partial charge in [-0.25, -0.2) is 0 Å². The number of hydrogen-bond acceptors (Lipinski definition) is 3. The third kappa shape index (κ3) is 7.55. The Morgan fingerprint density at radius 1 is 0.917 bits per heavy atom. The lowest BCUT2D eigenvalue weighted by atomic mass is 9.49. The number of pyridine rings is 1. The van der Waals surface area contributed by atoms with E-state index in [2.05, 4.69) is 42.8 Å². The van der Waals surface area contributed by atoms with Crippen LogP contribution in [0, 0.1) is 28.6 Å². The molecule has 1 aromatic heterocycles. The highest BCUT2D eigenvalue weighted by atomic mass is 16.2. The molecule has 0 aliphatic heterocycles. The average molecular weight is 496 g/mol. The van der Waals surface area contributed by atoms with Crippen LogP contribution < -0.4 is 0 Å². The highest BCUT2D eigenvalue weighted by molar-refractivity contribution is 5.77. The predicted octanol–water partition coefficient (Wildman–Crippen LogP) is 6.12. The van der Waals surface area contributed by atoms with E-state index in [1.54, 1.807) is 0 Å². The number of aryl methyl sites for hydroxylation is 1. The molecule has 200 valence electrons. The fourth-order valence-corrected chi connectivity index (χ4v) is 7.63. The van der Waals surface area contributed by atoms with Gasteiger partial charge in [-0.05, 0) is 110 Å². The number of carbonyl (C=O) groups excluding carboxylic acids is 2. The first kappa shape index (κ1) is 27.1. The van der Waals surface area contributed by atoms with Gasteiger partial charge in [-0.1, -0.05) is 20.8 Å². The summed E-state index contributed by atoms with van der Waals surface area (Å²) in [6.07, 6.45) is 17.4. The molecule has 1 heterocycles. The minimum atomic E-state index is -0.0197. The standard InChI is InChI=1S/C31H49N3O2/c1-30(2,3)23-29(36)33(4)15-16-34(28(35)8-6-5-7-24-9-12-32-13-10-24)14-11-31-20-25-17-26(21-31)19-27(18-25)22-31/h9-10,12-13,25-27H,5-8,11,14-23H2,1-4H3. The quantitative estimate of drug-likeness (QED) is 0.328. The maximum absolute atomic E-state index is 13.4. The van der Waals surface area contributed by atoms with E-state index in [1.165, 1.54) is 44.1 Å². The Balaban J connectivity index is 1.31. The summed E-state index contributed by atoms with van der Waals surface area (Å²) in [7, 11) is 1.89. The molecule has 0 N–H and O–H groups in total. The summed E-state index contributed by atoms with van der Waals surface area (Å²) < 4.78 is 0. The minimum absolute atomic E-state index is 0.0197. The van der Waals surface area contributed by atoms with Crippen LogP contribution in [0.25, 0.3) is 0 Å². The van der Waals surface area contributed by atoms with Gasteiger partial charge in [0.2, 0.25) is 11.8 Å². The first-order valence-corrected chi connectivity index (χ1v) is 14.5. The van der Waals surface area contributed by atoms with E-state index in [9.17, 15) is 9.59 Å². The molecule has 0 spiro atoms. The van der Waals surface area contributed by atoms with Gasteiger partial charge in [0, 0.05) is 51.9 Å². The Hall–Kier alpha value is -1.91. The Morgan fingerprint density at radius 3 is 2.11 bits per heavy atom. The number of unbranched alkanes of at least 4 members (excludes halogenated alkanes) is 1. The molecule has 4 aliphatic carbocycles. The molecule has 5 heteroatoms. The van der Waals surface area contributed by atoms with Crippen molar-refractivity contribution in [2.45, 2.75) is 97.8 Å². The molecule has 5 nitrogen and oxygen atoms in total. The Bertz CT molecular complexity index is 840. The van der Waals surface area contributed by atoms with E-state index in [1.807, 2.05) is 24.3 Å². The number of rotatable bonds is 12. The Kier molecular flexibility index (Phi) is 8.78. The monoisotopic (exact) mass is 495 g/mol. The molecule has 4 saturated carbocycles.